The minimum atomic E-state index is -3.52. The van der Waals surface area contributed by atoms with E-state index in [0.29, 0.717) is 12.2 Å². The quantitative estimate of drug-likeness (QED) is 0.721. The highest BCUT2D eigenvalue weighted by molar-refractivity contribution is 7.89. The number of quaternary nitrogens is 1. The maximum atomic E-state index is 12.9. The molecule has 1 amide bonds. The highest BCUT2D eigenvalue weighted by Gasteiger charge is 2.29. The molecule has 7 nitrogen and oxygen atoms in total. The summed E-state index contributed by atoms with van der Waals surface area (Å²) in [5, 5.41) is 2.88. The second kappa shape index (κ2) is 9.55. The molecule has 1 saturated heterocycles. The van der Waals surface area contributed by atoms with Crippen LogP contribution in [-0.4, -0.2) is 63.6 Å². The van der Waals surface area contributed by atoms with Gasteiger partial charge in [-0.15, -0.1) is 0 Å². The summed E-state index contributed by atoms with van der Waals surface area (Å²) in [6.45, 7) is 6.04. The summed E-state index contributed by atoms with van der Waals surface area (Å²) in [6.07, 6.45) is 5.48. The average Bonchev–Trinajstić information content (AvgIpc) is 2.67. The van der Waals surface area contributed by atoms with Crippen LogP contribution >= 0.6 is 0 Å². The molecule has 8 heteroatoms. The fraction of sp³-hybridized carbons (Fsp3) is 0.667. The van der Waals surface area contributed by atoms with Gasteiger partial charge in [-0.2, -0.15) is 4.31 Å². The number of amides is 1. The Hall–Kier alpha value is -1.48. The van der Waals surface area contributed by atoms with Gasteiger partial charge in [-0.25, -0.2) is 8.42 Å². The van der Waals surface area contributed by atoms with Crippen molar-refractivity contribution in [2.75, 3.05) is 32.0 Å². The first kappa shape index (κ1) is 22.2. The lowest BCUT2D eigenvalue weighted by Crippen LogP contribution is -3.16. The van der Waals surface area contributed by atoms with Crippen LogP contribution in [0.4, 0.5) is 5.69 Å². The average molecular weight is 425 g/mol. The Bertz CT molecular complexity index is 781. The molecule has 3 rings (SSSR count). The molecular weight excluding hydrogens is 390 g/mol. The number of nitrogens with zero attached hydrogens (tertiary/aromatic N) is 1. The van der Waals surface area contributed by atoms with Gasteiger partial charge >= 0.3 is 0 Å². The second-order valence-electron chi connectivity index (χ2n) is 8.48. The number of benzene rings is 1. The number of rotatable bonds is 6. The van der Waals surface area contributed by atoms with Crippen LogP contribution in [0.3, 0.4) is 0 Å². The molecule has 2 N–H and O–H groups in total. The van der Waals surface area contributed by atoms with Gasteiger partial charge in [-0.3, -0.25) is 4.79 Å². The van der Waals surface area contributed by atoms with Gasteiger partial charge in [0.1, 0.15) is 25.3 Å². The first-order valence-electron chi connectivity index (χ1n) is 10.6. The van der Waals surface area contributed by atoms with E-state index in [-0.39, 0.29) is 29.1 Å². The largest absolute Gasteiger partial charge is 0.364 e. The molecular formula is C21H34N3O4S+. The topological polar surface area (TPSA) is 80.2 Å². The molecule has 1 aliphatic heterocycles. The molecule has 2 aliphatic rings. The van der Waals surface area contributed by atoms with Gasteiger partial charge < -0.3 is 15.0 Å². The van der Waals surface area contributed by atoms with E-state index in [1.807, 2.05) is 13.8 Å². The van der Waals surface area contributed by atoms with Gasteiger partial charge in [0.2, 0.25) is 10.0 Å². The van der Waals surface area contributed by atoms with Crippen molar-refractivity contribution in [2.45, 2.75) is 69.1 Å². The maximum absolute atomic E-state index is 12.9. The first-order valence-corrected chi connectivity index (χ1v) is 12.1. The normalized spacial score (nSPS) is 26.4. The Morgan fingerprint density at radius 3 is 2.28 bits per heavy atom. The van der Waals surface area contributed by atoms with Crippen LogP contribution in [-0.2, 0) is 19.6 Å². The molecule has 0 spiro atoms. The first-order chi connectivity index (χ1) is 13.8. The number of hydrogen-bond donors (Lipinski definition) is 2. The van der Waals surface area contributed by atoms with Gasteiger partial charge in [0.25, 0.3) is 5.91 Å². The molecule has 3 atom stereocenters. The lowest BCUT2D eigenvalue weighted by molar-refractivity contribution is -0.907. The van der Waals surface area contributed by atoms with E-state index < -0.39 is 10.0 Å². The van der Waals surface area contributed by atoms with Crippen molar-refractivity contribution in [3.63, 3.8) is 0 Å². The van der Waals surface area contributed by atoms with E-state index in [2.05, 4.69) is 5.32 Å². The molecule has 1 aromatic carbocycles. The SMILES string of the molecule is C[C@@H]1C[NH+](CC(=O)Nc2ccc(S(=O)(=O)N(C)C3CCCCC3)cc2)C[C@H](C)O1. The zero-order valence-corrected chi connectivity index (χ0v) is 18.5. The third-order valence-corrected chi connectivity index (χ3v) is 7.86. The summed E-state index contributed by atoms with van der Waals surface area (Å²) in [5.41, 5.74) is 0.614. The van der Waals surface area contributed by atoms with Crippen LogP contribution in [0.5, 0.6) is 0 Å². The fourth-order valence-electron chi connectivity index (χ4n) is 4.48. The van der Waals surface area contributed by atoms with Gasteiger partial charge in [-0.05, 0) is 51.0 Å². The number of hydrogen-bond acceptors (Lipinski definition) is 4. The van der Waals surface area contributed by atoms with E-state index in [9.17, 15) is 13.2 Å². The number of ether oxygens (including phenoxy) is 1. The van der Waals surface area contributed by atoms with Crippen molar-refractivity contribution < 1.29 is 22.8 Å². The number of nitrogens with one attached hydrogen (secondary N) is 2. The van der Waals surface area contributed by atoms with Crippen LogP contribution in [0, 0.1) is 0 Å². The molecule has 0 radical (unpaired) electrons. The summed E-state index contributed by atoms with van der Waals surface area (Å²) in [4.78, 5) is 13.9. The van der Waals surface area contributed by atoms with Crippen molar-refractivity contribution in [1.29, 1.82) is 0 Å². The van der Waals surface area contributed by atoms with Crippen LogP contribution in [0.1, 0.15) is 46.0 Å². The molecule has 0 aromatic heterocycles. The van der Waals surface area contributed by atoms with Crippen molar-refractivity contribution in [3.05, 3.63) is 24.3 Å². The summed E-state index contributed by atoms with van der Waals surface area (Å²) in [6, 6.07) is 6.57. The van der Waals surface area contributed by atoms with Crippen LogP contribution in [0.25, 0.3) is 0 Å². The van der Waals surface area contributed by atoms with Gasteiger partial charge in [-0.1, -0.05) is 19.3 Å². The Labute approximate surface area is 174 Å². The molecule has 1 heterocycles. The molecule has 162 valence electrons. The van der Waals surface area contributed by atoms with Crippen molar-refractivity contribution in [2.24, 2.45) is 0 Å². The fourth-order valence-corrected chi connectivity index (χ4v) is 5.90. The zero-order valence-electron chi connectivity index (χ0n) is 17.7. The minimum absolute atomic E-state index is 0.0729. The molecule has 29 heavy (non-hydrogen) atoms. The summed E-state index contributed by atoms with van der Waals surface area (Å²) < 4.78 is 33.1. The highest BCUT2D eigenvalue weighted by atomic mass is 32.2. The highest BCUT2D eigenvalue weighted by Crippen LogP contribution is 2.26. The molecule has 0 bridgehead atoms. The number of sulfonamides is 1. The van der Waals surface area contributed by atoms with E-state index in [1.54, 1.807) is 31.3 Å². The minimum Gasteiger partial charge on any atom is -0.364 e. The Morgan fingerprint density at radius 1 is 1.10 bits per heavy atom. The maximum Gasteiger partial charge on any atom is 0.279 e. The van der Waals surface area contributed by atoms with Crippen molar-refractivity contribution >= 4 is 21.6 Å². The van der Waals surface area contributed by atoms with E-state index in [1.165, 1.54) is 15.6 Å². The van der Waals surface area contributed by atoms with Gasteiger partial charge in [0.15, 0.2) is 6.54 Å². The lowest BCUT2D eigenvalue weighted by Gasteiger charge is -2.31. The number of morpholine rings is 1. The summed E-state index contributed by atoms with van der Waals surface area (Å²) in [7, 11) is -1.84. The van der Waals surface area contributed by atoms with Gasteiger partial charge in [0, 0.05) is 18.8 Å². The standard InChI is InChI=1S/C21H33N3O4S/c1-16-13-24(14-17(2)28-16)15-21(25)22-18-9-11-20(12-10-18)29(26,27)23(3)19-7-5-4-6-8-19/h9-12,16-17,19H,4-8,13-15H2,1-3H3,(H,22,25)/p+1/t16-,17+. The molecule has 1 aliphatic carbocycles. The van der Waals surface area contributed by atoms with E-state index in [0.717, 1.165) is 38.8 Å². The van der Waals surface area contributed by atoms with Gasteiger partial charge in [0.05, 0.1) is 4.90 Å². The molecule has 2 fully saturated rings. The third-order valence-electron chi connectivity index (χ3n) is 5.93. The van der Waals surface area contributed by atoms with E-state index >= 15 is 0 Å². The van der Waals surface area contributed by atoms with Crippen LogP contribution in [0.15, 0.2) is 29.2 Å². The van der Waals surface area contributed by atoms with Crippen molar-refractivity contribution in [3.8, 4) is 0 Å². The monoisotopic (exact) mass is 424 g/mol. The van der Waals surface area contributed by atoms with Crippen molar-refractivity contribution in [1.82, 2.24) is 4.31 Å². The number of carbonyl (C=O) groups excluding carboxylic acids is 1. The Balaban J connectivity index is 1.58. The zero-order chi connectivity index (χ0) is 21.0. The number of carbonyl (C=O) groups is 1. The second-order valence-corrected chi connectivity index (χ2v) is 10.5. The third kappa shape index (κ3) is 5.78. The van der Waals surface area contributed by atoms with Crippen LogP contribution in [0.2, 0.25) is 0 Å². The predicted molar refractivity (Wildman–Crippen MR) is 112 cm³/mol. The molecule has 1 aromatic rings. The summed E-state index contributed by atoms with van der Waals surface area (Å²) >= 11 is 0. The molecule has 1 saturated carbocycles. The van der Waals surface area contributed by atoms with E-state index in [4.69, 9.17) is 4.74 Å². The summed E-state index contributed by atoms with van der Waals surface area (Å²) in [5.74, 6) is -0.0729. The predicted octanol–water partition coefficient (Wildman–Crippen LogP) is 1.27. The smallest absolute Gasteiger partial charge is 0.279 e. The molecule has 1 unspecified atom stereocenters. The lowest BCUT2D eigenvalue weighted by atomic mass is 9.96. The van der Waals surface area contributed by atoms with Crippen LogP contribution < -0.4 is 10.2 Å². The Morgan fingerprint density at radius 2 is 1.69 bits per heavy atom. The Kier molecular flexibility index (Phi) is 7.32. The number of anilines is 1.